The number of halogens is 1. The number of carbonyl (C=O) groups excluding carboxylic acids is 1. The highest BCUT2D eigenvalue weighted by Gasteiger charge is 2.09. The van der Waals surface area contributed by atoms with Crippen molar-refractivity contribution in [1.29, 1.82) is 0 Å². The molecule has 2 rings (SSSR count). The zero-order valence-electron chi connectivity index (χ0n) is 9.35. The first-order valence-electron chi connectivity index (χ1n) is 5.17. The van der Waals surface area contributed by atoms with Crippen molar-refractivity contribution in [2.24, 2.45) is 5.84 Å². The zero-order valence-corrected chi connectivity index (χ0v) is 11.8. The average molecular weight is 327 g/mol. The van der Waals surface area contributed by atoms with Crippen molar-refractivity contribution < 1.29 is 9.21 Å². The highest BCUT2D eigenvalue weighted by atomic mass is 79.9. The number of benzene rings is 1. The van der Waals surface area contributed by atoms with Crippen molar-refractivity contribution in [1.82, 2.24) is 5.43 Å². The lowest BCUT2D eigenvalue weighted by molar-refractivity contribution is 0.0924. The van der Waals surface area contributed by atoms with E-state index in [1.54, 1.807) is 23.9 Å². The van der Waals surface area contributed by atoms with Gasteiger partial charge < -0.3 is 4.42 Å². The van der Waals surface area contributed by atoms with E-state index < -0.39 is 5.91 Å². The van der Waals surface area contributed by atoms with Crippen molar-refractivity contribution in [3.63, 3.8) is 0 Å². The van der Waals surface area contributed by atoms with Crippen LogP contribution in [0.4, 0.5) is 0 Å². The number of carbonyl (C=O) groups is 1. The first kappa shape index (κ1) is 13.2. The van der Waals surface area contributed by atoms with Gasteiger partial charge in [0, 0.05) is 9.37 Å². The summed E-state index contributed by atoms with van der Waals surface area (Å²) in [5.74, 6) is 6.22. The van der Waals surface area contributed by atoms with Crippen LogP contribution in [-0.2, 0) is 5.75 Å². The fourth-order valence-corrected chi connectivity index (χ4v) is 2.76. The summed E-state index contributed by atoms with van der Waals surface area (Å²) in [5.41, 5.74) is 2.03. The van der Waals surface area contributed by atoms with Crippen LogP contribution in [-0.4, -0.2) is 5.91 Å². The van der Waals surface area contributed by atoms with Crippen LogP contribution >= 0.6 is 27.7 Å². The van der Waals surface area contributed by atoms with Gasteiger partial charge in [-0.05, 0) is 30.3 Å². The first-order valence-corrected chi connectivity index (χ1v) is 6.95. The molecule has 0 atom stereocenters. The molecule has 0 radical (unpaired) electrons. The van der Waals surface area contributed by atoms with Gasteiger partial charge in [-0.1, -0.05) is 22.0 Å². The number of furan rings is 1. The quantitative estimate of drug-likeness (QED) is 0.392. The Hall–Kier alpha value is -1.24. The second-order valence-electron chi connectivity index (χ2n) is 3.49. The molecule has 0 aliphatic rings. The van der Waals surface area contributed by atoms with E-state index in [1.807, 2.05) is 29.7 Å². The maximum Gasteiger partial charge on any atom is 0.300 e. The van der Waals surface area contributed by atoms with Crippen LogP contribution in [0.1, 0.15) is 16.3 Å². The third kappa shape index (κ3) is 3.38. The van der Waals surface area contributed by atoms with Crippen LogP contribution in [0.25, 0.3) is 0 Å². The molecule has 4 nitrogen and oxygen atoms in total. The van der Waals surface area contributed by atoms with E-state index in [2.05, 4.69) is 15.9 Å². The van der Waals surface area contributed by atoms with Crippen LogP contribution in [0, 0.1) is 0 Å². The highest BCUT2D eigenvalue weighted by Crippen LogP contribution is 2.26. The number of hydrogen-bond donors (Lipinski definition) is 2. The van der Waals surface area contributed by atoms with Crippen molar-refractivity contribution in [2.45, 2.75) is 10.6 Å². The van der Waals surface area contributed by atoms with Crippen molar-refractivity contribution in [3.05, 3.63) is 52.4 Å². The first-order chi connectivity index (χ1) is 8.69. The van der Waals surface area contributed by atoms with Gasteiger partial charge in [0.25, 0.3) is 0 Å². The van der Waals surface area contributed by atoms with E-state index in [0.717, 1.165) is 15.1 Å². The fourth-order valence-electron chi connectivity index (χ4n) is 1.36. The number of nitrogens with one attached hydrogen (secondary N) is 1. The summed E-state index contributed by atoms with van der Waals surface area (Å²) in [6.45, 7) is 0. The minimum Gasteiger partial charge on any atom is -0.455 e. The number of nitrogens with two attached hydrogens (primary N) is 1. The van der Waals surface area contributed by atoms with Crippen LogP contribution < -0.4 is 11.3 Å². The number of hydrogen-bond acceptors (Lipinski definition) is 4. The highest BCUT2D eigenvalue weighted by molar-refractivity contribution is 9.10. The van der Waals surface area contributed by atoms with Gasteiger partial charge in [-0.2, -0.15) is 0 Å². The van der Waals surface area contributed by atoms with Crippen LogP contribution in [0.3, 0.4) is 0 Å². The van der Waals surface area contributed by atoms with E-state index in [0.29, 0.717) is 5.75 Å². The Kier molecular flexibility index (Phi) is 4.46. The Balaban J connectivity index is 1.98. The third-order valence-electron chi connectivity index (χ3n) is 2.19. The summed E-state index contributed by atoms with van der Waals surface area (Å²) in [5, 5.41) is 0. The van der Waals surface area contributed by atoms with Gasteiger partial charge in [0.1, 0.15) is 5.76 Å². The molecule has 2 aromatic rings. The summed E-state index contributed by atoms with van der Waals surface area (Å²) >= 11 is 5.05. The summed E-state index contributed by atoms with van der Waals surface area (Å²) in [7, 11) is 0. The fraction of sp³-hybridized carbons (Fsp3) is 0.0833. The largest absolute Gasteiger partial charge is 0.455 e. The lowest BCUT2D eigenvalue weighted by Gasteiger charge is -2.00. The zero-order chi connectivity index (χ0) is 13.0. The van der Waals surface area contributed by atoms with Crippen molar-refractivity contribution in [2.75, 3.05) is 0 Å². The molecule has 0 aliphatic carbocycles. The van der Waals surface area contributed by atoms with E-state index in [4.69, 9.17) is 10.3 Å². The molecule has 6 heteroatoms. The lowest BCUT2D eigenvalue weighted by atomic mass is 10.4. The van der Waals surface area contributed by atoms with Gasteiger partial charge in [-0.25, -0.2) is 5.84 Å². The maximum absolute atomic E-state index is 11.2. The molecule has 0 aliphatic heterocycles. The number of amides is 1. The summed E-state index contributed by atoms with van der Waals surface area (Å²) in [4.78, 5) is 12.3. The summed E-state index contributed by atoms with van der Waals surface area (Å²) < 4.78 is 6.40. The standard InChI is InChI=1S/C12H11BrN2O2S/c13-8-2-1-3-10(6-8)18-7-9-4-5-11(17-9)12(16)15-14/h1-6H,7,14H2,(H,15,16). The molecule has 1 amide bonds. The molecule has 94 valence electrons. The van der Waals surface area contributed by atoms with Gasteiger partial charge in [0.05, 0.1) is 5.75 Å². The SMILES string of the molecule is NNC(=O)c1ccc(CSc2cccc(Br)c2)o1. The maximum atomic E-state index is 11.2. The van der Waals surface area contributed by atoms with Gasteiger partial charge in [-0.3, -0.25) is 10.2 Å². The van der Waals surface area contributed by atoms with Gasteiger partial charge >= 0.3 is 5.91 Å². The molecule has 3 N–H and O–H groups in total. The molecular weight excluding hydrogens is 316 g/mol. The Morgan fingerprint density at radius 2 is 2.22 bits per heavy atom. The molecular formula is C12H11BrN2O2S. The van der Waals surface area contributed by atoms with Gasteiger partial charge in [0.15, 0.2) is 5.76 Å². The second kappa shape index (κ2) is 6.08. The number of thioether (sulfide) groups is 1. The topological polar surface area (TPSA) is 68.3 Å². The molecule has 0 fully saturated rings. The predicted octanol–water partition coefficient (Wildman–Crippen LogP) is 2.94. The number of nitrogen functional groups attached to an aromatic ring is 1. The van der Waals surface area contributed by atoms with Crippen LogP contribution in [0.5, 0.6) is 0 Å². The van der Waals surface area contributed by atoms with E-state index in [9.17, 15) is 4.79 Å². The molecule has 0 spiro atoms. The molecule has 0 unspecified atom stereocenters. The van der Waals surface area contributed by atoms with Crippen molar-refractivity contribution >= 4 is 33.6 Å². The monoisotopic (exact) mass is 326 g/mol. The van der Waals surface area contributed by atoms with Gasteiger partial charge in [-0.15, -0.1) is 11.8 Å². The van der Waals surface area contributed by atoms with E-state index in [-0.39, 0.29) is 5.76 Å². The minimum atomic E-state index is -0.422. The number of rotatable bonds is 4. The Morgan fingerprint density at radius 1 is 1.39 bits per heavy atom. The molecule has 0 saturated carbocycles. The molecule has 0 bridgehead atoms. The number of hydrazine groups is 1. The van der Waals surface area contributed by atoms with E-state index >= 15 is 0 Å². The minimum absolute atomic E-state index is 0.224. The molecule has 0 saturated heterocycles. The lowest BCUT2D eigenvalue weighted by Crippen LogP contribution is -2.29. The van der Waals surface area contributed by atoms with Crippen molar-refractivity contribution in [3.8, 4) is 0 Å². The summed E-state index contributed by atoms with van der Waals surface area (Å²) in [6.07, 6.45) is 0. The van der Waals surface area contributed by atoms with E-state index in [1.165, 1.54) is 0 Å². The molecule has 1 aromatic carbocycles. The molecule has 18 heavy (non-hydrogen) atoms. The van der Waals surface area contributed by atoms with Gasteiger partial charge in [0.2, 0.25) is 0 Å². The predicted molar refractivity (Wildman–Crippen MR) is 74.1 cm³/mol. The van der Waals surface area contributed by atoms with Crippen LogP contribution in [0.2, 0.25) is 0 Å². The summed E-state index contributed by atoms with van der Waals surface area (Å²) in [6, 6.07) is 11.4. The van der Waals surface area contributed by atoms with Crippen LogP contribution in [0.15, 0.2) is 50.2 Å². The normalized spacial score (nSPS) is 10.3. The molecule has 1 heterocycles. The second-order valence-corrected chi connectivity index (χ2v) is 5.45. The smallest absolute Gasteiger partial charge is 0.300 e. The Labute approximate surface area is 117 Å². The molecule has 1 aromatic heterocycles. The third-order valence-corrected chi connectivity index (χ3v) is 3.70. The average Bonchev–Trinajstić information content (AvgIpc) is 2.84. The Morgan fingerprint density at radius 3 is 2.94 bits per heavy atom. The Bertz CT molecular complexity index is 557.